The maximum atomic E-state index is 5.97. The van der Waals surface area contributed by atoms with Gasteiger partial charge in [0.15, 0.2) is 0 Å². The summed E-state index contributed by atoms with van der Waals surface area (Å²) in [7, 11) is 0. The van der Waals surface area contributed by atoms with Gasteiger partial charge in [-0.2, -0.15) is 0 Å². The SMILES string of the molecule is CC(C)NCC1CCCN(C(C)c2ccc(Cl)cc2)C1. The fourth-order valence-electron chi connectivity index (χ4n) is 2.97. The zero-order valence-corrected chi connectivity index (χ0v) is 13.7. The Hall–Kier alpha value is -0.570. The van der Waals surface area contributed by atoms with Crippen LogP contribution in [0.25, 0.3) is 0 Å². The highest BCUT2D eigenvalue weighted by molar-refractivity contribution is 6.30. The van der Waals surface area contributed by atoms with Gasteiger partial charge in [0.25, 0.3) is 0 Å². The number of piperidine rings is 1. The molecule has 1 aliphatic rings. The van der Waals surface area contributed by atoms with Crippen molar-refractivity contribution >= 4 is 11.6 Å². The minimum absolute atomic E-state index is 0.481. The van der Waals surface area contributed by atoms with E-state index >= 15 is 0 Å². The Labute approximate surface area is 128 Å². The normalized spacial score (nSPS) is 22.1. The van der Waals surface area contributed by atoms with Crippen LogP contribution in [-0.4, -0.2) is 30.6 Å². The summed E-state index contributed by atoms with van der Waals surface area (Å²) >= 11 is 5.97. The number of likely N-dealkylation sites (tertiary alicyclic amines) is 1. The Morgan fingerprint density at radius 1 is 1.25 bits per heavy atom. The summed E-state index contributed by atoms with van der Waals surface area (Å²) in [6.07, 6.45) is 2.66. The number of halogens is 1. The van der Waals surface area contributed by atoms with Gasteiger partial charge in [-0.15, -0.1) is 0 Å². The molecule has 2 rings (SSSR count). The van der Waals surface area contributed by atoms with Gasteiger partial charge in [-0.3, -0.25) is 4.90 Å². The number of hydrogen-bond acceptors (Lipinski definition) is 2. The molecule has 0 amide bonds. The molecule has 2 atom stereocenters. The van der Waals surface area contributed by atoms with Crippen molar-refractivity contribution in [3.63, 3.8) is 0 Å². The minimum Gasteiger partial charge on any atom is -0.314 e. The van der Waals surface area contributed by atoms with Crippen LogP contribution in [0.2, 0.25) is 5.02 Å². The van der Waals surface area contributed by atoms with Crippen LogP contribution in [0.5, 0.6) is 0 Å². The number of benzene rings is 1. The minimum atomic E-state index is 0.481. The second-order valence-corrected chi connectivity index (χ2v) is 6.73. The van der Waals surface area contributed by atoms with E-state index in [-0.39, 0.29) is 0 Å². The summed E-state index contributed by atoms with van der Waals surface area (Å²) in [6, 6.07) is 9.36. The first-order chi connectivity index (χ1) is 9.56. The zero-order valence-electron chi connectivity index (χ0n) is 12.9. The largest absolute Gasteiger partial charge is 0.314 e. The lowest BCUT2D eigenvalue weighted by molar-refractivity contribution is 0.129. The third-order valence-corrected chi connectivity index (χ3v) is 4.52. The average Bonchev–Trinajstić information content (AvgIpc) is 2.45. The van der Waals surface area contributed by atoms with E-state index in [1.54, 1.807) is 0 Å². The lowest BCUT2D eigenvalue weighted by atomic mass is 9.95. The molecular formula is C17H27ClN2. The maximum absolute atomic E-state index is 5.97. The van der Waals surface area contributed by atoms with Gasteiger partial charge in [-0.1, -0.05) is 37.6 Å². The Morgan fingerprint density at radius 2 is 1.95 bits per heavy atom. The van der Waals surface area contributed by atoms with E-state index in [0.717, 1.165) is 17.5 Å². The summed E-state index contributed by atoms with van der Waals surface area (Å²) < 4.78 is 0. The first-order valence-electron chi connectivity index (χ1n) is 7.79. The third kappa shape index (κ3) is 4.47. The van der Waals surface area contributed by atoms with E-state index in [0.29, 0.717) is 12.1 Å². The second-order valence-electron chi connectivity index (χ2n) is 6.29. The number of hydrogen-bond donors (Lipinski definition) is 1. The van der Waals surface area contributed by atoms with Gasteiger partial charge in [0.05, 0.1) is 0 Å². The highest BCUT2D eigenvalue weighted by Crippen LogP contribution is 2.27. The van der Waals surface area contributed by atoms with E-state index in [9.17, 15) is 0 Å². The van der Waals surface area contributed by atoms with Crippen LogP contribution in [-0.2, 0) is 0 Å². The monoisotopic (exact) mass is 294 g/mol. The van der Waals surface area contributed by atoms with Crippen LogP contribution in [0.3, 0.4) is 0 Å². The summed E-state index contributed by atoms with van der Waals surface area (Å²) in [6.45, 7) is 10.3. The van der Waals surface area contributed by atoms with E-state index in [1.165, 1.54) is 31.5 Å². The van der Waals surface area contributed by atoms with Crippen molar-refractivity contribution in [2.75, 3.05) is 19.6 Å². The molecule has 1 aromatic carbocycles. The van der Waals surface area contributed by atoms with E-state index in [1.807, 2.05) is 12.1 Å². The zero-order chi connectivity index (χ0) is 14.5. The molecule has 1 aromatic rings. The Bertz CT molecular complexity index is 402. The standard InChI is InChI=1S/C17H27ClN2/c1-13(2)19-11-15-5-4-10-20(12-15)14(3)16-6-8-17(18)9-7-16/h6-9,13-15,19H,4-5,10-12H2,1-3H3. The molecule has 0 bridgehead atoms. The molecule has 1 heterocycles. The fraction of sp³-hybridized carbons (Fsp3) is 0.647. The molecule has 112 valence electrons. The van der Waals surface area contributed by atoms with E-state index in [2.05, 4.69) is 43.1 Å². The van der Waals surface area contributed by atoms with Crippen LogP contribution in [0.1, 0.15) is 45.2 Å². The molecule has 2 unspecified atom stereocenters. The molecule has 1 saturated heterocycles. The molecule has 3 heteroatoms. The van der Waals surface area contributed by atoms with Crippen molar-refractivity contribution in [1.82, 2.24) is 10.2 Å². The van der Waals surface area contributed by atoms with Crippen LogP contribution >= 0.6 is 11.6 Å². The first kappa shape index (κ1) is 15.8. The van der Waals surface area contributed by atoms with Crippen LogP contribution < -0.4 is 5.32 Å². The van der Waals surface area contributed by atoms with Crippen LogP contribution in [0.15, 0.2) is 24.3 Å². The number of rotatable bonds is 5. The summed E-state index contributed by atoms with van der Waals surface area (Å²) in [5.74, 6) is 0.779. The summed E-state index contributed by atoms with van der Waals surface area (Å²) in [4.78, 5) is 2.61. The van der Waals surface area contributed by atoms with Gasteiger partial charge in [0.2, 0.25) is 0 Å². The molecular weight excluding hydrogens is 268 g/mol. The number of nitrogens with one attached hydrogen (secondary N) is 1. The van der Waals surface area contributed by atoms with Gasteiger partial charge in [0.1, 0.15) is 0 Å². The van der Waals surface area contributed by atoms with Crippen molar-refractivity contribution in [3.8, 4) is 0 Å². The van der Waals surface area contributed by atoms with Gasteiger partial charge >= 0.3 is 0 Å². The summed E-state index contributed by atoms with van der Waals surface area (Å²) in [5.41, 5.74) is 1.37. The maximum Gasteiger partial charge on any atom is 0.0406 e. The van der Waals surface area contributed by atoms with Crippen LogP contribution in [0.4, 0.5) is 0 Å². The predicted octanol–water partition coefficient (Wildman–Crippen LogP) is 4.11. The second kappa shape index (κ2) is 7.44. The van der Waals surface area contributed by atoms with Crippen molar-refractivity contribution in [2.24, 2.45) is 5.92 Å². The van der Waals surface area contributed by atoms with Crippen molar-refractivity contribution in [3.05, 3.63) is 34.9 Å². The highest BCUT2D eigenvalue weighted by Gasteiger charge is 2.24. The smallest absolute Gasteiger partial charge is 0.0406 e. The summed E-state index contributed by atoms with van der Waals surface area (Å²) in [5, 5.41) is 4.40. The molecule has 0 radical (unpaired) electrons. The average molecular weight is 295 g/mol. The molecule has 0 saturated carbocycles. The lowest BCUT2D eigenvalue weighted by Gasteiger charge is -2.37. The van der Waals surface area contributed by atoms with E-state index in [4.69, 9.17) is 11.6 Å². The molecule has 1 aliphatic heterocycles. The van der Waals surface area contributed by atoms with Crippen LogP contribution in [0, 0.1) is 5.92 Å². The lowest BCUT2D eigenvalue weighted by Crippen LogP contribution is -2.41. The van der Waals surface area contributed by atoms with Gasteiger partial charge in [-0.25, -0.2) is 0 Å². The fourth-order valence-corrected chi connectivity index (χ4v) is 3.10. The molecule has 2 nitrogen and oxygen atoms in total. The topological polar surface area (TPSA) is 15.3 Å². The van der Waals surface area contributed by atoms with Gasteiger partial charge in [-0.05, 0) is 56.5 Å². The van der Waals surface area contributed by atoms with E-state index < -0.39 is 0 Å². The molecule has 0 spiro atoms. The van der Waals surface area contributed by atoms with Crippen molar-refractivity contribution in [2.45, 2.75) is 45.7 Å². The van der Waals surface area contributed by atoms with Crippen molar-refractivity contribution in [1.29, 1.82) is 0 Å². The highest BCUT2D eigenvalue weighted by atomic mass is 35.5. The van der Waals surface area contributed by atoms with Gasteiger partial charge < -0.3 is 5.32 Å². The molecule has 0 aromatic heterocycles. The van der Waals surface area contributed by atoms with Crippen molar-refractivity contribution < 1.29 is 0 Å². The molecule has 0 aliphatic carbocycles. The Balaban J connectivity index is 1.92. The van der Waals surface area contributed by atoms with Gasteiger partial charge in [0, 0.05) is 23.7 Å². The quantitative estimate of drug-likeness (QED) is 0.879. The Kier molecular flexibility index (Phi) is 5.88. The number of nitrogens with zero attached hydrogens (tertiary/aromatic N) is 1. The third-order valence-electron chi connectivity index (χ3n) is 4.27. The molecule has 20 heavy (non-hydrogen) atoms. The Morgan fingerprint density at radius 3 is 2.60 bits per heavy atom. The predicted molar refractivity (Wildman–Crippen MR) is 87.3 cm³/mol. The molecule has 1 fully saturated rings. The molecule has 1 N–H and O–H groups in total. The first-order valence-corrected chi connectivity index (χ1v) is 8.17.